The lowest BCUT2D eigenvalue weighted by Gasteiger charge is -2.26. The van der Waals surface area contributed by atoms with E-state index in [-0.39, 0.29) is 17.9 Å². The van der Waals surface area contributed by atoms with Gasteiger partial charge in [0.25, 0.3) is 0 Å². The molecule has 1 heterocycles. The summed E-state index contributed by atoms with van der Waals surface area (Å²) in [4.78, 5) is 2.12. The van der Waals surface area contributed by atoms with Gasteiger partial charge in [0.05, 0.1) is 24.8 Å². The van der Waals surface area contributed by atoms with Gasteiger partial charge in [-0.3, -0.25) is 0 Å². The Balaban J connectivity index is 2.32. The molecule has 2 atom stereocenters. The molecule has 0 aromatic heterocycles. The highest BCUT2D eigenvalue weighted by Gasteiger charge is 2.36. The van der Waals surface area contributed by atoms with Crippen molar-refractivity contribution in [2.45, 2.75) is 38.9 Å². The number of benzene rings is 1. The monoisotopic (exact) mass is 400 g/mol. The molecule has 158 valence electrons. The van der Waals surface area contributed by atoms with Gasteiger partial charge in [0.1, 0.15) is 5.75 Å². The summed E-state index contributed by atoms with van der Waals surface area (Å²) in [5, 5.41) is 11.6. The predicted molar refractivity (Wildman–Crippen MR) is 104 cm³/mol. The number of alkyl halides is 3. The number of nitrogens with one attached hydrogen (secondary N) is 1. The Hall–Kier alpha value is -1.67. The first kappa shape index (κ1) is 22.6. The average molecular weight is 400 g/mol. The molecule has 0 spiro atoms. The van der Waals surface area contributed by atoms with Crippen LogP contribution in [0.4, 0.5) is 13.2 Å². The minimum absolute atomic E-state index is 0.165. The highest BCUT2D eigenvalue weighted by Crippen LogP contribution is 2.40. The highest BCUT2D eigenvalue weighted by atomic mass is 19.4. The molecule has 2 rings (SSSR count). The van der Waals surface area contributed by atoms with Crippen LogP contribution in [0.1, 0.15) is 36.5 Å². The first-order valence-corrected chi connectivity index (χ1v) is 9.67. The smallest absolute Gasteiger partial charge is 0.416 e. The van der Waals surface area contributed by atoms with Crippen molar-refractivity contribution in [2.75, 3.05) is 46.9 Å². The van der Waals surface area contributed by atoms with Crippen LogP contribution in [0.25, 0.3) is 0 Å². The van der Waals surface area contributed by atoms with Gasteiger partial charge in [-0.05, 0) is 50.2 Å². The molecule has 1 aliphatic rings. The van der Waals surface area contributed by atoms with Crippen LogP contribution < -0.4 is 10.1 Å². The number of nitrogens with zero attached hydrogens (tertiary/aromatic N) is 3. The molecule has 0 fully saturated rings. The first-order chi connectivity index (χ1) is 13.1. The molecule has 0 bridgehead atoms. The predicted octanol–water partition coefficient (Wildman–Crippen LogP) is 4.12. The maximum atomic E-state index is 13.5. The van der Waals surface area contributed by atoms with Gasteiger partial charge in [0.15, 0.2) is 0 Å². The van der Waals surface area contributed by atoms with Crippen LogP contribution >= 0.6 is 0 Å². The van der Waals surface area contributed by atoms with Crippen LogP contribution in [-0.4, -0.2) is 57.8 Å². The summed E-state index contributed by atoms with van der Waals surface area (Å²) in [5.74, 6) is 0.343. The van der Waals surface area contributed by atoms with Crippen molar-refractivity contribution in [1.82, 2.24) is 10.2 Å². The van der Waals surface area contributed by atoms with Gasteiger partial charge in [0.2, 0.25) is 0 Å². The van der Waals surface area contributed by atoms with Crippen molar-refractivity contribution in [3.05, 3.63) is 28.8 Å². The molecular formula is C20H31F3N4O. The first-order valence-electron chi connectivity index (χ1n) is 9.67. The zero-order valence-corrected chi connectivity index (χ0v) is 17.3. The van der Waals surface area contributed by atoms with Crippen molar-refractivity contribution in [2.24, 2.45) is 16.1 Å². The average Bonchev–Trinajstić information content (AvgIpc) is 3.05. The van der Waals surface area contributed by atoms with Crippen LogP contribution in [-0.2, 0) is 6.18 Å². The number of hydrogen-bond acceptors (Lipinski definition) is 5. The molecule has 28 heavy (non-hydrogen) atoms. The maximum Gasteiger partial charge on any atom is 0.416 e. The summed E-state index contributed by atoms with van der Waals surface area (Å²) in [6, 6.07) is 2.19. The third kappa shape index (κ3) is 5.91. The number of rotatable bonds is 9. The van der Waals surface area contributed by atoms with E-state index >= 15 is 0 Å². The van der Waals surface area contributed by atoms with Crippen LogP contribution in [0.3, 0.4) is 0 Å². The van der Waals surface area contributed by atoms with E-state index in [1.807, 2.05) is 34.9 Å². The largest absolute Gasteiger partial charge is 0.493 e. The second kappa shape index (κ2) is 9.69. The zero-order chi connectivity index (χ0) is 20.9. The van der Waals surface area contributed by atoms with Gasteiger partial charge in [-0.15, -0.1) is 0 Å². The van der Waals surface area contributed by atoms with Crippen molar-refractivity contribution in [3.63, 3.8) is 0 Å². The van der Waals surface area contributed by atoms with E-state index in [1.54, 1.807) is 0 Å². The number of hydrogen-bond donors (Lipinski definition) is 1. The third-order valence-corrected chi connectivity index (χ3v) is 4.91. The summed E-state index contributed by atoms with van der Waals surface area (Å²) >= 11 is 0. The summed E-state index contributed by atoms with van der Waals surface area (Å²) in [6.07, 6.45) is -4.43. The van der Waals surface area contributed by atoms with Crippen LogP contribution in [0.15, 0.2) is 22.4 Å². The van der Waals surface area contributed by atoms with Gasteiger partial charge in [-0.25, -0.2) is 0 Å². The molecule has 1 aromatic rings. The quantitative estimate of drug-likeness (QED) is 0.678. The lowest BCUT2D eigenvalue weighted by atomic mass is 9.87. The maximum absolute atomic E-state index is 13.5. The topological polar surface area (TPSA) is 49.2 Å². The normalized spacial score (nSPS) is 19.8. The van der Waals surface area contributed by atoms with E-state index < -0.39 is 11.7 Å². The summed E-state index contributed by atoms with van der Waals surface area (Å²) in [7, 11) is 3.87. The van der Waals surface area contributed by atoms with E-state index in [0.717, 1.165) is 24.7 Å². The molecule has 0 saturated heterocycles. The van der Waals surface area contributed by atoms with Crippen molar-refractivity contribution in [1.29, 1.82) is 0 Å². The molecule has 1 aliphatic heterocycles. The molecule has 0 radical (unpaired) electrons. The fourth-order valence-electron chi connectivity index (χ4n) is 3.29. The number of likely N-dealkylation sites (N-methyl/N-ethyl adjacent to an activating group) is 2. The van der Waals surface area contributed by atoms with Crippen molar-refractivity contribution >= 4 is 0 Å². The minimum Gasteiger partial charge on any atom is -0.493 e. The van der Waals surface area contributed by atoms with Crippen molar-refractivity contribution in [3.8, 4) is 5.75 Å². The lowest BCUT2D eigenvalue weighted by Crippen LogP contribution is -2.35. The van der Waals surface area contributed by atoms with E-state index in [9.17, 15) is 13.2 Å². The number of azo groups is 1. The molecular weight excluding hydrogens is 369 g/mol. The summed E-state index contributed by atoms with van der Waals surface area (Å²) in [5.41, 5.74) is 0.695. The van der Waals surface area contributed by atoms with Crippen LogP contribution in [0.5, 0.6) is 5.75 Å². The Morgan fingerprint density at radius 3 is 2.64 bits per heavy atom. The van der Waals surface area contributed by atoms with E-state index in [1.165, 1.54) is 6.07 Å². The SMILES string of the molecule is CNCCN(C)CC1N=NCC1c1cc(C(F)(F)F)cc(OCC(C)C)c1C. The molecule has 0 saturated carbocycles. The molecule has 0 amide bonds. The van der Waals surface area contributed by atoms with Gasteiger partial charge in [0, 0.05) is 25.6 Å². The molecule has 1 aromatic carbocycles. The number of halogens is 3. The van der Waals surface area contributed by atoms with E-state index in [4.69, 9.17) is 4.74 Å². The van der Waals surface area contributed by atoms with Gasteiger partial charge in [-0.1, -0.05) is 13.8 Å². The molecule has 1 N–H and O–H groups in total. The van der Waals surface area contributed by atoms with Crippen molar-refractivity contribution < 1.29 is 17.9 Å². The molecule has 2 unspecified atom stereocenters. The summed E-state index contributed by atoms with van der Waals surface area (Å²) < 4.78 is 46.2. The standard InChI is InChI=1S/C20H31F3N4O/c1-13(2)12-28-19-9-15(20(21,22)23)8-16(14(19)3)17-10-25-26-18(17)11-27(5)7-6-24-4/h8-9,13,17-18,24H,6-7,10-12H2,1-5H3. The Morgan fingerprint density at radius 1 is 1.32 bits per heavy atom. The second-order valence-electron chi connectivity index (χ2n) is 7.87. The fourth-order valence-corrected chi connectivity index (χ4v) is 3.29. The minimum atomic E-state index is -4.43. The van der Waals surface area contributed by atoms with Gasteiger partial charge < -0.3 is 15.0 Å². The Kier molecular flexibility index (Phi) is 7.83. The third-order valence-electron chi connectivity index (χ3n) is 4.91. The zero-order valence-electron chi connectivity index (χ0n) is 17.3. The van der Waals surface area contributed by atoms with Gasteiger partial charge in [-0.2, -0.15) is 23.4 Å². The van der Waals surface area contributed by atoms with E-state index in [2.05, 4.69) is 20.4 Å². The Morgan fingerprint density at radius 2 is 2.04 bits per heavy atom. The lowest BCUT2D eigenvalue weighted by molar-refractivity contribution is -0.137. The van der Waals surface area contributed by atoms with Gasteiger partial charge >= 0.3 is 6.18 Å². The fraction of sp³-hybridized carbons (Fsp3) is 0.700. The second-order valence-corrected chi connectivity index (χ2v) is 7.87. The Labute approximate surface area is 165 Å². The Bertz CT molecular complexity index is 676. The number of ether oxygens (including phenoxy) is 1. The van der Waals surface area contributed by atoms with Crippen LogP contribution in [0, 0.1) is 12.8 Å². The highest BCUT2D eigenvalue weighted by molar-refractivity contribution is 5.46. The molecule has 0 aliphatic carbocycles. The van der Waals surface area contributed by atoms with E-state index in [0.29, 0.717) is 31.0 Å². The molecule has 8 heteroatoms. The molecule has 5 nitrogen and oxygen atoms in total. The van der Waals surface area contributed by atoms with Crippen LogP contribution in [0.2, 0.25) is 0 Å². The summed E-state index contributed by atoms with van der Waals surface area (Å²) in [6.45, 7) is 8.85.